The van der Waals surface area contributed by atoms with Gasteiger partial charge in [0, 0.05) is 55.4 Å². The van der Waals surface area contributed by atoms with Gasteiger partial charge in [-0.3, -0.25) is 18.8 Å². The van der Waals surface area contributed by atoms with Crippen molar-refractivity contribution in [3.8, 4) is 22.8 Å². The van der Waals surface area contributed by atoms with Crippen LogP contribution in [-0.2, 0) is 20.6 Å². The third kappa shape index (κ3) is 4.20. The van der Waals surface area contributed by atoms with Gasteiger partial charge in [-0.2, -0.15) is 20.4 Å². The number of carbonyl (C=O) groups is 1. The fourth-order valence-corrected chi connectivity index (χ4v) is 4.41. The van der Waals surface area contributed by atoms with Gasteiger partial charge in [0.05, 0.1) is 29.3 Å². The molecule has 1 aromatic carbocycles. The lowest BCUT2D eigenvalue weighted by Crippen LogP contribution is -2.14. The fraction of sp³-hybridized carbons (Fsp3) is 0.120. The number of hydrogen-bond acceptors (Lipinski definition) is 6. The van der Waals surface area contributed by atoms with Crippen LogP contribution in [0.4, 0.5) is 10.2 Å². The largest absolute Gasteiger partial charge is 0.304 e. The van der Waals surface area contributed by atoms with Gasteiger partial charge >= 0.3 is 0 Å². The molecule has 0 unspecified atom stereocenters. The molecule has 0 saturated carbocycles. The molecule has 1 N–H and O–H groups in total. The van der Waals surface area contributed by atoms with Crippen LogP contribution in [0.15, 0.2) is 67.1 Å². The van der Waals surface area contributed by atoms with E-state index in [-0.39, 0.29) is 18.1 Å². The summed E-state index contributed by atoms with van der Waals surface area (Å²) in [5.41, 5.74) is 3.92. The van der Waals surface area contributed by atoms with Crippen LogP contribution in [0.25, 0.3) is 28.4 Å². The Morgan fingerprint density at radius 3 is 2.45 bits per heavy atom. The van der Waals surface area contributed by atoms with E-state index in [4.69, 9.17) is 16.6 Å². The van der Waals surface area contributed by atoms with Crippen LogP contribution in [0, 0.1) is 5.82 Å². The number of rotatable bonds is 6. The van der Waals surface area contributed by atoms with Crippen LogP contribution in [0.3, 0.4) is 0 Å². The van der Waals surface area contributed by atoms with Crippen molar-refractivity contribution in [1.29, 1.82) is 0 Å². The molecule has 6 aromatic rings. The molecular weight excluding hydrogens is 511 g/mol. The molecule has 0 bridgehead atoms. The molecular formula is C25H20ClFN10O. The molecule has 13 heteroatoms. The van der Waals surface area contributed by atoms with E-state index in [1.54, 1.807) is 56.7 Å². The van der Waals surface area contributed by atoms with Gasteiger partial charge in [0.1, 0.15) is 5.82 Å². The molecule has 0 spiro atoms. The summed E-state index contributed by atoms with van der Waals surface area (Å²) in [5, 5.41) is 20.4. The van der Waals surface area contributed by atoms with Crippen LogP contribution < -0.4 is 5.32 Å². The van der Waals surface area contributed by atoms with Gasteiger partial charge in [-0.05, 0) is 30.3 Å². The number of benzene rings is 1. The Morgan fingerprint density at radius 1 is 0.974 bits per heavy atom. The van der Waals surface area contributed by atoms with Gasteiger partial charge in [-0.25, -0.2) is 13.9 Å². The summed E-state index contributed by atoms with van der Waals surface area (Å²) < 4.78 is 20.7. The number of amides is 1. The molecule has 0 radical (unpaired) electrons. The van der Waals surface area contributed by atoms with Crippen molar-refractivity contribution in [3.05, 3.63) is 89.2 Å². The molecule has 0 aliphatic heterocycles. The first-order valence-corrected chi connectivity index (χ1v) is 11.9. The number of anilines is 1. The maximum absolute atomic E-state index is 14.2. The molecule has 6 rings (SSSR count). The third-order valence-corrected chi connectivity index (χ3v) is 6.44. The van der Waals surface area contributed by atoms with E-state index in [1.165, 1.54) is 10.7 Å². The molecule has 38 heavy (non-hydrogen) atoms. The summed E-state index contributed by atoms with van der Waals surface area (Å²) in [6.07, 6.45) is 5.01. The first-order chi connectivity index (χ1) is 18.4. The standard InChI is InChI=1S/C25H20ClFN10O/c1-34-20(6-9-28-34)18-12-22(21-7-10-29-35(21)2)37-24(30-18)13-19(32-37)25(38)31-23-8-11-36(33-23)14-15-16(26)4-3-5-17(15)27/h3-13H,14H2,1-2H3,(H,31,33,38). The highest BCUT2D eigenvalue weighted by molar-refractivity contribution is 6.31. The van der Waals surface area contributed by atoms with E-state index in [0.717, 1.165) is 11.4 Å². The first kappa shape index (κ1) is 23.6. The van der Waals surface area contributed by atoms with Gasteiger partial charge in [0.25, 0.3) is 5.91 Å². The highest BCUT2D eigenvalue weighted by atomic mass is 35.5. The number of aryl methyl sites for hydroxylation is 2. The predicted octanol–water partition coefficient (Wildman–Crippen LogP) is 3.82. The van der Waals surface area contributed by atoms with Crippen LogP contribution >= 0.6 is 11.6 Å². The average molecular weight is 531 g/mol. The second kappa shape index (κ2) is 9.23. The molecule has 0 aliphatic carbocycles. The minimum absolute atomic E-state index is 0.116. The van der Waals surface area contributed by atoms with Crippen LogP contribution in [-0.4, -0.2) is 49.8 Å². The van der Waals surface area contributed by atoms with Gasteiger partial charge in [-0.1, -0.05) is 17.7 Å². The van der Waals surface area contributed by atoms with Crippen molar-refractivity contribution < 1.29 is 9.18 Å². The van der Waals surface area contributed by atoms with Gasteiger partial charge in [0.15, 0.2) is 17.2 Å². The van der Waals surface area contributed by atoms with Crippen molar-refractivity contribution in [3.63, 3.8) is 0 Å². The predicted molar refractivity (Wildman–Crippen MR) is 138 cm³/mol. The van der Waals surface area contributed by atoms with E-state index in [9.17, 15) is 9.18 Å². The first-order valence-electron chi connectivity index (χ1n) is 11.5. The maximum atomic E-state index is 14.2. The molecule has 5 aromatic heterocycles. The fourth-order valence-electron chi connectivity index (χ4n) is 4.19. The number of carbonyl (C=O) groups excluding carboxylic acids is 1. The van der Waals surface area contributed by atoms with E-state index in [0.29, 0.717) is 27.6 Å². The lowest BCUT2D eigenvalue weighted by Gasteiger charge is -2.08. The zero-order valence-electron chi connectivity index (χ0n) is 20.2. The topological polar surface area (TPSA) is 113 Å². The summed E-state index contributed by atoms with van der Waals surface area (Å²) in [6, 6.07) is 13.3. The smallest absolute Gasteiger partial charge is 0.277 e. The zero-order valence-corrected chi connectivity index (χ0v) is 21.0. The summed E-state index contributed by atoms with van der Waals surface area (Å²) in [4.78, 5) is 17.8. The minimum atomic E-state index is -0.470. The van der Waals surface area contributed by atoms with Crippen molar-refractivity contribution in [2.75, 3.05) is 5.32 Å². The van der Waals surface area contributed by atoms with E-state index in [1.807, 2.05) is 32.3 Å². The monoisotopic (exact) mass is 530 g/mol. The quantitative estimate of drug-likeness (QED) is 0.350. The van der Waals surface area contributed by atoms with Crippen LogP contribution in [0.2, 0.25) is 5.02 Å². The highest BCUT2D eigenvalue weighted by Crippen LogP contribution is 2.26. The summed E-state index contributed by atoms with van der Waals surface area (Å²) in [5.74, 6) is -0.608. The second-order valence-corrected chi connectivity index (χ2v) is 8.97. The zero-order chi connectivity index (χ0) is 26.4. The number of nitrogens with one attached hydrogen (secondary N) is 1. The SMILES string of the molecule is Cn1nccc1-c1cc(-c2ccnn2C)n2nc(C(=O)Nc3ccn(Cc4c(F)cccc4Cl)n3)cc2n1. The molecule has 0 saturated heterocycles. The normalized spacial score (nSPS) is 11.4. The van der Waals surface area contributed by atoms with E-state index >= 15 is 0 Å². The lowest BCUT2D eigenvalue weighted by molar-refractivity contribution is 0.102. The van der Waals surface area contributed by atoms with Gasteiger partial charge in [0.2, 0.25) is 0 Å². The Bertz CT molecular complexity index is 1790. The molecule has 190 valence electrons. The Labute approximate surface area is 220 Å². The van der Waals surface area contributed by atoms with Crippen molar-refractivity contribution >= 4 is 29.0 Å². The van der Waals surface area contributed by atoms with Crippen LogP contribution in [0.1, 0.15) is 16.1 Å². The maximum Gasteiger partial charge on any atom is 0.277 e. The van der Waals surface area contributed by atoms with Crippen LogP contribution in [0.5, 0.6) is 0 Å². The van der Waals surface area contributed by atoms with Crippen molar-refractivity contribution in [1.82, 2.24) is 43.9 Å². The minimum Gasteiger partial charge on any atom is -0.304 e. The van der Waals surface area contributed by atoms with E-state index < -0.39 is 11.7 Å². The van der Waals surface area contributed by atoms with Gasteiger partial charge < -0.3 is 5.32 Å². The Morgan fingerprint density at radius 2 is 1.74 bits per heavy atom. The number of nitrogens with zero attached hydrogens (tertiary/aromatic N) is 9. The molecule has 1 amide bonds. The summed E-state index contributed by atoms with van der Waals surface area (Å²) in [7, 11) is 3.66. The molecule has 11 nitrogen and oxygen atoms in total. The molecule has 5 heterocycles. The molecule has 0 atom stereocenters. The molecule has 0 aliphatic rings. The number of aromatic nitrogens is 9. The summed E-state index contributed by atoms with van der Waals surface area (Å²) >= 11 is 6.12. The Kier molecular flexibility index (Phi) is 5.72. The highest BCUT2D eigenvalue weighted by Gasteiger charge is 2.19. The number of hydrogen-bond donors (Lipinski definition) is 1. The molecule has 0 fully saturated rings. The lowest BCUT2D eigenvalue weighted by atomic mass is 10.2. The Hall–Kier alpha value is -4.84. The number of halogens is 2. The van der Waals surface area contributed by atoms with Crippen molar-refractivity contribution in [2.24, 2.45) is 14.1 Å². The third-order valence-electron chi connectivity index (χ3n) is 6.09. The van der Waals surface area contributed by atoms with E-state index in [2.05, 4.69) is 25.7 Å². The Balaban J connectivity index is 1.32. The van der Waals surface area contributed by atoms with Gasteiger partial charge in [-0.15, -0.1) is 0 Å². The second-order valence-electron chi connectivity index (χ2n) is 8.56. The average Bonchev–Trinajstić information content (AvgIpc) is 3.68. The van der Waals surface area contributed by atoms with Crippen molar-refractivity contribution in [2.45, 2.75) is 6.54 Å². The number of fused-ring (bicyclic) bond motifs is 1. The summed E-state index contributed by atoms with van der Waals surface area (Å²) in [6.45, 7) is 0.116.